The van der Waals surface area contributed by atoms with Gasteiger partial charge < -0.3 is 4.42 Å². The maximum atomic E-state index is 6.30. The molecule has 0 radical (unpaired) electrons. The molecular weight excluding hydrogens is 613 g/mol. The van der Waals surface area contributed by atoms with Gasteiger partial charge in [-0.05, 0) is 52.6 Å². The first-order chi connectivity index (χ1) is 24.8. The molecule has 0 spiro atoms. The summed E-state index contributed by atoms with van der Waals surface area (Å²) in [5, 5.41) is 4.47. The van der Waals surface area contributed by atoms with Crippen molar-refractivity contribution in [2.24, 2.45) is 0 Å². The van der Waals surface area contributed by atoms with Gasteiger partial charge in [-0.25, -0.2) is 4.98 Å². The first kappa shape index (κ1) is 28.2. The third-order valence-electron chi connectivity index (χ3n) is 9.47. The molecule has 0 aliphatic rings. The van der Waals surface area contributed by atoms with Gasteiger partial charge in [0.05, 0.1) is 11.0 Å². The monoisotopic (exact) mass is 640 g/mol. The van der Waals surface area contributed by atoms with Gasteiger partial charge in [-0.15, -0.1) is 0 Å². The number of aromatic nitrogens is 4. The van der Waals surface area contributed by atoms with E-state index in [0.717, 1.165) is 77.1 Å². The van der Waals surface area contributed by atoms with Crippen LogP contribution in [-0.4, -0.2) is 19.5 Å². The Balaban J connectivity index is 1.25. The molecular formula is C45H28N4O. The minimum absolute atomic E-state index is 0.564. The lowest BCUT2D eigenvalue weighted by Crippen LogP contribution is -2.06. The third-order valence-corrected chi connectivity index (χ3v) is 9.47. The Morgan fingerprint density at radius 3 is 1.76 bits per heavy atom. The second kappa shape index (κ2) is 11.4. The Morgan fingerprint density at radius 1 is 0.380 bits per heavy atom. The Labute approximate surface area is 287 Å². The molecule has 0 fully saturated rings. The lowest BCUT2D eigenvalue weighted by Gasteiger charge is -2.12. The van der Waals surface area contributed by atoms with Crippen molar-refractivity contribution in [2.75, 3.05) is 0 Å². The quantitative estimate of drug-likeness (QED) is 0.188. The van der Waals surface area contributed by atoms with E-state index < -0.39 is 0 Å². The molecule has 0 unspecified atom stereocenters. The average Bonchev–Trinajstić information content (AvgIpc) is 3.75. The largest absolute Gasteiger partial charge is 0.456 e. The van der Waals surface area contributed by atoms with E-state index in [0.29, 0.717) is 17.6 Å². The van der Waals surface area contributed by atoms with Crippen LogP contribution < -0.4 is 0 Å². The van der Waals surface area contributed by atoms with Crippen LogP contribution in [0.5, 0.6) is 0 Å². The summed E-state index contributed by atoms with van der Waals surface area (Å²) in [5.41, 5.74) is 10.1. The highest BCUT2D eigenvalue weighted by molar-refractivity contribution is 6.20. The summed E-state index contributed by atoms with van der Waals surface area (Å²) in [7, 11) is 0. The van der Waals surface area contributed by atoms with Crippen LogP contribution in [0.1, 0.15) is 0 Å². The second-order valence-electron chi connectivity index (χ2n) is 12.4. The van der Waals surface area contributed by atoms with Gasteiger partial charge in [0.25, 0.3) is 0 Å². The van der Waals surface area contributed by atoms with Gasteiger partial charge in [0, 0.05) is 32.7 Å². The van der Waals surface area contributed by atoms with E-state index in [1.807, 2.05) is 54.6 Å². The van der Waals surface area contributed by atoms with Crippen molar-refractivity contribution in [1.29, 1.82) is 0 Å². The number of fused-ring (bicyclic) bond motifs is 6. The molecule has 10 aromatic rings. The maximum absolute atomic E-state index is 6.30. The van der Waals surface area contributed by atoms with Gasteiger partial charge in [0.2, 0.25) is 5.95 Å². The van der Waals surface area contributed by atoms with Crippen molar-refractivity contribution >= 4 is 43.7 Å². The molecule has 0 N–H and O–H groups in total. The van der Waals surface area contributed by atoms with Crippen molar-refractivity contribution < 1.29 is 4.42 Å². The zero-order chi connectivity index (χ0) is 33.0. The summed E-state index contributed by atoms with van der Waals surface area (Å²) < 4.78 is 8.48. The van der Waals surface area contributed by atoms with E-state index in [-0.39, 0.29) is 0 Å². The molecule has 0 amide bonds. The smallest absolute Gasteiger partial charge is 0.238 e. The topological polar surface area (TPSA) is 56.7 Å². The van der Waals surface area contributed by atoms with Gasteiger partial charge in [-0.1, -0.05) is 140 Å². The highest BCUT2D eigenvalue weighted by atomic mass is 16.3. The van der Waals surface area contributed by atoms with Crippen molar-refractivity contribution in [3.63, 3.8) is 0 Å². The van der Waals surface area contributed by atoms with E-state index in [1.165, 1.54) is 0 Å². The SMILES string of the molecule is c1ccc(-c2cccc(-c3nc(-c4ccccc4)nc(-n4c5ccccc5c5c(-c6cccc7oc8ccccc8c67)cccc54)n3)c2)cc1. The summed E-state index contributed by atoms with van der Waals surface area (Å²) in [6.07, 6.45) is 0. The fourth-order valence-electron chi connectivity index (χ4n) is 7.24. The van der Waals surface area contributed by atoms with Crippen LogP contribution in [-0.2, 0) is 0 Å². The summed E-state index contributed by atoms with van der Waals surface area (Å²) in [6, 6.07) is 58.5. The molecule has 50 heavy (non-hydrogen) atoms. The van der Waals surface area contributed by atoms with Crippen molar-refractivity contribution in [3.05, 3.63) is 170 Å². The second-order valence-corrected chi connectivity index (χ2v) is 12.4. The highest BCUT2D eigenvalue weighted by Gasteiger charge is 2.21. The van der Waals surface area contributed by atoms with Gasteiger partial charge in [0.1, 0.15) is 11.2 Å². The Bertz CT molecular complexity index is 2870. The van der Waals surface area contributed by atoms with Crippen LogP contribution >= 0.6 is 0 Å². The van der Waals surface area contributed by atoms with E-state index >= 15 is 0 Å². The molecule has 0 atom stereocenters. The maximum Gasteiger partial charge on any atom is 0.238 e. The van der Waals surface area contributed by atoms with Crippen molar-refractivity contribution in [3.8, 4) is 51.0 Å². The number of hydrogen-bond acceptors (Lipinski definition) is 4. The van der Waals surface area contributed by atoms with Gasteiger partial charge in [-0.3, -0.25) is 4.57 Å². The Kier molecular flexibility index (Phi) is 6.42. The molecule has 0 saturated carbocycles. The molecule has 3 aromatic heterocycles. The Hall–Kier alpha value is -6.85. The molecule has 5 heteroatoms. The van der Waals surface area contributed by atoms with Crippen molar-refractivity contribution in [1.82, 2.24) is 19.5 Å². The molecule has 5 nitrogen and oxygen atoms in total. The standard InChI is InChI=1S/C45H28N4O/c1-3-14-29(15-4-1)31-18-11-19-32(28-31)44-46-43(30-16-5-2-6-17-30)47-45(48-44)49-37-24-9-7-20-35(37)41-33(22-12-25-38(41)49)34-23-13-27-40-42(34)36-21-8-10-26-39(36)50-40/h1-28H. The normalized spacial score (nSPS) is 11.6. The fraction of sp³-hybridized carbons (Fsp3) is 0. The zero-order valence-corrected chi connectivity index (χ0v) is 26.9. The highest BCUT2D eigenvalue weighted by Crippen LogP contribution is 2.43. The minimum atomic E-state index is 0.564. The lowest BCUT2D eigenvalue weighted by molar-refractivity contribution is 0.669. The van der Waals surface area contributed by atoms with Gasteiger partial charge in [-0.2, -0.15) is 9.97 Å². The summed E-state index contributed by atoms with van der Waals surface area (Å²) in [6.45, 7) is 0. The number of nitrogens with zero attached hydrogens (tertiary/aromatic N) is 4. The number of furan rings is 1. The molecule has 234 valence electrons. The summed E-state index contributed by atoms with van der Waals surface area (Å²) >= 11 is 0. The number of benzene rings is 7. The van der Waals surface area contributed by atoms with E-state index in [1.54, 1.807) is 0 Å². The van der Waals surface area contributed by atoms with Crippen LogP contribution in [0.25, 0.3) is 94.7 Å². The molecule has 0 aliphatic carbocycles. The average molecular weight is 641 g/mol. The van der Waals surface area contributed by atoms with Gasteiger partial charge >= 0.3 is 0 Å². The van der Waals surface area contributed by atoms with Crippen LogP contribution in [0.2, 0.25) is 0 Å². The fourth-order valence-corrected chi connectivity index (χ4v) is 7.24. The summed E-state index contributed by atoms with van der Waals surface area (Å²) in [4.78, 5) is 15.4. The number of para-hydroxylation sites is 2. The number of hydrogen-bond donors (Lipinski definition) is 0. The molecule has 10 rings (SSSR count). The molecule has 7 aromatic carbocycles. The zero-order valence-electron chi connectivity index (χ0n) is 26.9. The van der Waals surface area contributed by atoms with Crippen LogP contribution in [0.4, 0.5) is 0 Å². The first-order valence-electron chi connectivity index (χ1n) is 16.7. The molecule has 0 aliphatic heterocycles. The third kappa shape index (κ3) is 4.52. The lowest BCUT2D eigenvalue weighted by atomic mass is 9.95. The Morgan fingerprint density at radius 2 is 0.940 bits per heavy atom. The van der Waals surface area contributed by atoms with E-state index in [4.69, 9.17) is 19.4 Å². The molecule has 0 saturated heterocycles. The molecule has 0 bridgehead atoms. The predicted molar refractivity (Wildman–Crippen MR) is 203 cm³/mol. The predicted octanol–water partition coefficient (Wildman–Crippen LogP) is 11.5. The summed E-state index contributed by atoms with van der Waals surface area (Å²) in [5.74, 6) is 1.80. The first-order valence-corrected chi connectivity index (χ1v) is 16.7. The number of rotatable bonds is 5. The molecule has 3 heterocycles. The van der Waals surface area contributed by atoms with Crippen LogP contribution in [0.3, 0.4) is 0 Å². The van der Waals surface area contributed by atoms with Gasteiger partial charge in [0.15, 0.2) is 11.6 Å². The van der Waals surface area contributed by atoms with Crippen molar-refractivity contribution in [2.45, 2.75) is 0 Å². The minimum Gasteiger partial charge on any atom is -0.456 e. The van der Waals surface area contributed by atoms with E-state index in [9.17, 15) is 0 Å². The van der Waals surface area contributed by atoms with Crippen LogP contribution in [0, 0.1) is 0 Å². The van der Waals surface area contributed by atoms with E-state index in [2.05, 4.69) is 120 Å². The van der Waals surface area contributed by atoms with Crippen LogP contribution in [0.15, 0.2) is 174 Å².